The van der Waals surface area contributed by atoms with Crippen LogP contribution in [0.4, 0.5) is 5.69 Å². The number of rotatable bonds is 5. The molecule has 0 atom stereocenters. The first kappa shape index (κ1) is 14.9. The van der Waals surface area contributed by atoms with Gasteiger partial charge in [-0.3, -0.25) is 9.59 Å². The number of hydrogen-bond donors (Lipinski definition) is 1. The quantitative estimate of drug-likeness (QED) is 0.664. The summed E-state index contributed by atoms with van der Waals surface area (Å²) in [6.07, 6.45) is 0. The lowest BCUT2D eigenvalue weighted by atomic mass is 10.1. The highest BCUT2D eigenvalue weighted by molar-refractivity contribution is 9.10. The van der Waals surface area contributed by atoms with E-state index < -0.39 is 11.7 Å². The maximum absolute atomic E-state index is 12.1. The molecule has 0 spiro atoms. The Kier molecular flexibility index (Phi) is 4.40. The van der Waals surface area contributed by atoms with E-state index in [1.54, 1.807) is 12.1 Å². The van der Waals surface area contributed by atoms with E-state index in [1.807, 2.05) is 19.9 Å². The van der Waals surface area contributed by atoms with E-state index in [2.05, 4.69) is 27.8 Å². The Balaban J connectivity index is 2.18. The average Bonchev–Trinajstić information content (AvgIpc) is 2.63. The van der Waals surface area contributed by atoms with Gasteiger partial charge in [-0.2, -0.15) is 0 Å². The summed E-state index contributed by atoms with van der Waals surface area (Å²) in [6.45, 7) is 9.04. The number of benzene rings is 1. The molecule has 0 fully saturated rings. The van der Waals surface area contributed by atoms with Crippen molar-refractivity contribution in [2.24, 2.45) is 0 Å². The molecule has 0 saturated heterocycles. The van der Waals surface area contributed by atoms with Gasteiger partial charge in [-0.1, -0.05) is 26.5 Å². The Hall–Kier alpha value is -1.46. The summed E-state index contributed by atoms with van der Waals surface area (Å²) in [5.41, 5.74) is 1.97. The van der Waals surface area contributed by atoms with Crippen molar-refractivity contribution in [2.75, 3.05) is 18.0 Å². The summed E-state index contributed by atoms with van der Waals surface area (Å²) >= 11 is 3.32. The van der Waals surface area contributed by atoms with E-state index in [4.69, 9.17) is 0 Å². The maximum Gasteiger partial charge on any atom is 0.299 e. The standard InChI is InChI=1S/C15H17BrN2O2/c1-9(2)17-7-10(3)8-18-12-6-4-5-11(16)13(12)14(19)15(18)20/h4-6,9,17H,3,7-8H2,1-2H3. The van der Waals surface area contributed by atoms with Crippen molar-refractivity contribution in [3.8, 4) is 0 Å². The highest BCUT2D eigenvalue weighted by Crippen LogP contribution is 2.34. The third kappa shape index (κ3) is 2.83. The zero-order valence-electron chi connectivity index (χ0n) is 11.6. The van der Waals surface area contributed by atoms with E-state index in [1.165, 1.54) is 4.90 Å². The number of nitrogens with zero attached hydrogens (tertiary/aromatic N) is 1. The molecule has 0 bridgehead atoms. The fourth-order valence-corrected chi connectivity index (χ4v) is 2.62. The molecule has 1 aromatic carbocycles. The Morgan fingerprint density at radius 2 is 2.10 bits per heavy atom. The van der Waals surface area contributed by atoms with Crippen molar-refractivity contribution in [1.82, 2.24) is 5.32 Å². The van der Waals surface area contributed by atoms with Crippen LogP contribution in [0, 0.1) is 0 Å². The van der Waals surface area contributed by atoms with Crippen LogP contribution < -0.4 is 10.2 Å². The fraction of sp³-hybridized carbons (Fsp3) is 0.333. The molecule has 20 heavy (non-hydrogen) atoms. The highest BCUT2D eigenvalue weighted by Gasteiger charge is 2.37. The zero-order valence-corrected chi connectivity index (χ0v) is 13.2. The van der Waals surface area contributed by atoms with Crippen LogP contribution in [0.2, 0.25) is 0 Å². The number of nitrogens with one attached hydrogen (secondary N) is 1. The second-order valence-electron chi connectivity index (χ2n) is 5.14. The van der Waals surface area contributed by atoms with Crippen molar-refractivity contribution >= 4 is 33.3 Å². The Labute approximate surface area is 127 Å². The van der Waals surface area contributed by atoms with Gasteiger partial charge in [0.1, 0.15) is 0 Å². The molecule has 1 aromatic rings. The topological polar surface area (TPSA) is 49.4 Å². The lowest BCUT2D eigenvalue weighted by molar-refractivity contribution is -0.114. The van der Waals surface area contributed by atoms with Crippen molar-refractivity contribution in [2.45, 2.75) is 19.9 Å². The molecule has 5 heteroatoms. The molecule has 106 valence electrons. The summed E-state index contributed by atoms with van der Waals surface area (Å²) in [4.78, 5) is 25.6. The van der Waals surface area contributed by atoms with E-state index in [0.717, 1.165) is 5.57 Å². The molecule has 1 aliphatic heterocycles. The Bertz CT molecular complexity index is 581. The van der Waals surface area contributed by atoms with Gasteiger partial charge in [0, 0.05) is 23.6 Å². The smallest absolute Gasteiger partial charge is 0.299 e. The van der Waals surface area contributed by atoms with Crippen molar-refractivity contribution < 1.29 is 9.59 Å². The van der Waals surface area contributed by atoms with Crippen molar-refractivity contribution in [3.05, 3.63) is 40.4 Å². The van der Waals surface area contributed by atoms with Crippen LogP contribution in [0.1, 0.15) is 24.2 Å². The van der Waals surface area contributed by atoms with Crippen molar-refractivity contribution in [3.63, 3.8) is 0 Å². The van der Waals surface area contributed by atoms with Crippen LogP contribution in [0.3, 0.4) is 0 Å². The molecule has 1 heterocycles. The van der Waals surface area contributed by atoms with Crippen LogP contribution >= 0.6 is 15.9 Å². The third-order valence-electron chi connectivity index (χ3n) is 3.09. The van der Waals surface area contributed by atoms with Crippen LogP contribution in [-0.2, 0) is 4.79 Å². The van der Waals surface area contributed by atoms with Crippen LogP contribution in [0.25, 0.3) is 0 Å². The van der Waals surface area contributed by atoms with Gasteiger partial charge in [0.05, 0.1) is 11.3 Å². The monoisotopic (exact) mass is 336 g/mol. The molecule has 1 N–H and O–H groups in total. The van der Waals surface area contributed by atoms with Gasteiger partial charge < -0.3 is 10.2 Å². The van der Waals surface area contributed by atoms with Gasteiger partial charge in [0.2, 0.25) is 0 Å². The van der Waals surface area contributed by atoms with E-state index >= 15 is 0 Å². The lowest BCUT2D eigenvalue weighted by Crippen LogP contribution is -2.34. The number of hydrogen-bond acceptors (Lipinski definition) is 3. The molecule has 0 saturated carbocycles. The summed E-state index contributed by atoms with van der Waals surface area (Å²) in [5.74, 6) is -0.949. The number of amides is 1. The van der Waals surface area contributed by atoms with Gasteiger partial charge in [-0.05, 0) is 33.6 Å². The summed E-state index contributed by atoms with van der Waals surface area (Å²) in [7, 11) is 0. The molecule has 0 radical (unpaired) electrons. The minimum atomic E-state index is -0.488. The lowest BCUT2D eigenvalue weighted by Gasteiger charge is -2.19. The summed E-state index contributed by atoms with van der Waals surface area (Å²) in [6, 6.07) is 5.72. The predicted octanol–water partition coefficient (Wildman–Crippen LogP) is 2.53. The van der Waals surface area contributed by atoms with Crippen LogP contribution in [0.5, 0.6) is 0 Å². The third-order valence-corrected chi connectivity index (χ3v) is 3.75. The molecule has 4 nitrogen and oxygen atoms in total. The van der Waals surface area contributed by atoms with Gasteiger partial charge in [0.15, 0.2) is 0 Å². The van der Waals surface area contributed by atoms with Crippen molar-refractivity contribution in [1.29, 1.82) is 0 Å². The Morgan fingerprint density at radius 1 is 1.40 bits per heavy atom. The number of carbonyl (C=O) groups excluding carboxylic acids is 2. The molecule has 0 unspecified atom stereocenters. The molecular weight excluding hydrogens is 320 g/mol. The first-order valence-electron chi connectivity index (χ1n) is 6.46. The first-order valence-corrected chi connectivity index (χ1v) is 7.26. The maximum atomic E-state index is 12.1. The normalized spacial score (nSPS) is 14.1. The van der Waals surface area contributed by atoms with E-state index in [0.29, 0.717) is 34.9 Å². The summed E-state index contributed by atoms with van der Waals surface area (Å²) in [5, 5.41) is 3.25. The second kappa shape index (κ2) is 5.89. The molecule has 2 rings (SSSR count). The molecular formula is C15H17BrN2O2. The first-order chi connectivity index (χ1) is 9.41. The second-order valence-corrected chi connectivity index (χ2v) is 5.99. The minimum Gasteiger partial charge on any atom is -0.311 e. The molecule has 0 aromatic heterocycles. The number of anilines is 1. The van der Waals surface area contributed by atoms with Gasteiger partial charge in [-0.15, -0.1) is 0 Å². The number of carbonyl (C=O) groups is 2. The van der Waals surface area contributed by atoms with Crippen LogP contribution in [0.15, 0.2) is 34.8 Å². The number of Topliss-reactive ketones (excluding diaryl/α,β-unsaturated/α-hetero) is 1. The largest absolute Gasteiger partial charge is 0.311 e. The number of fused-ring (bicyclic) bond motifs is 1. The highest BCUT2D eigenvalue weighted by atomic mass is 79.9. The van der Waals surface area contributed by atoms with E-state index in [9.17, 15) is 9.59 Å². The van der Waals surface area contributed by atoms with Crippen LogP contribution in [-0.4, -0.2) is 30.8 Å². The van der Waals surface area contributed by atoms with E-state index in [-0.39, 0.29) is 0 Å². The van der Waals surface area contributed by atoms with Gasteiger partial charge in [0.25, 0.3) is 11.7 Å². The van der Waals surface area contributed by atoms with Gasteiger partial charge >= 0.3 is 0 Å². The number of ketones is 1. The zero-order chi connectivity index (χ0) is 14.9. The molecule has 0 aliphatic carbocycles. The summed E-state index contributed by atoms with van der Waals surface area (Å²) < 4.78 is 0.654. The Morgan fingerprint density at radius 3 is 2.75 bits per heavy atom. The average molecular weight is 337 g/mol. The SMILES string of the molecule is C=C(CNC(C)C)CN1C(=O)C(=O)c2c(Br)cccc21. The van der Waals surface area contributed by atoms with Gasteiger partial charge in [-0.25, -0.2) is 0 Å². The molecule has 1 amide bonds. The fourth-order valence-electron chi connectivity index (χ4n) is 2.09. The predicted molar refractivity (Wildman–Crippen MR) is 83.1 cm³/mol. The minimum absolute atomic E-state index is 0.351. The number of halogens is 1. The molecule has 1 aliphatic rings.